The first-order chi connectivity index (χ1) is 8.17. The van der Waals surface area contributed by atoms with Gasteiger partial charge in [0.15, 0.2) is 0 Å². The molecule has 0 amide bonds. The summed E-state index contributed by atoms with van der Waals surface area (Å²) in [7, 11) is -0.413. The van der Waals surface area contributed by atoms with Gasteiger partial charge in [-0.05, 0) is 19.3 Å². The Morgan fingerprint density at radius 2 is 1.82 bits per heavy atom. The number of hydrogen-bond donors (Lipinski definition) is 0. The van der Waals surface area contributed by atoms with Crippen molar-refractivity contribution >= 4 is 18.3 Å². The predicted octanol–water partition coefficient (Wildman–Crippen LogP) is 1.27. The number of benzene rings is 1. The number of nitro benzene ring substituents is 1. The van der Waals surface area contributed by atoms with E-state index in [0.29, 0.717) is 19.6 Å². The third-order valence-electron chi connectivity index (χ3n) is 2.76. The number of nitro groups is 1. The van der Waals surface area contributed by atoms with Gasteiger partial charge < -0.3 is 9.31 Å². The second-order valence-corrected chi connectivity index (χ2v) is 3.86. The van der Waals surface area contributed by atoms with Crippen LogP contribution in [0.5, 0.6) is 0 Å². The van der Waals surface area contributed by atoms with E-state index in [4.69, 9.17) is 9.31 Å². The van der Waals surface area contributed by atoms with E-state index in [2.05, 4.69) is 0 Å². The number of hydrogen-bond acceptors (Lipinski definition) is 4. The van der Waals surface area contributed by atoms with Gasteiger partial charge in [-0.15, -0.1) is 0 Å². The van der Waals surface area contributed by atoms with E-state index in [1.165, 1.54) is 0 Å². The van der Waals surface area contributed by atoms with E-state index in [1.807, 2.05) is 13.8 Å². The van der Waals surface area contributed by atoms with Crippen molar-refractivity contribution in [3.8, 4) is 0 Å². The molecule has 17 heavy (non-hydrogen) atoms. The van der Waals surface area contributed by atoms with Gasteiger partial charge in [0, 0.05) is 30.8 Å². The highest BCUT2D eigenvalue weighted by Gasteiger charge is 2.33. The standard InChI is InChI=1S/C11H14BNO4/c1-3-16-12(17-4-2)10-6-8-5-9(7-10)11(8)13(14)15/h6-7H,3-5H2,1-2H3. The smallest absolute Gasteiger partial charge is 0.408 e. The Hall–Kier alpha value is -1.40. The quantitative estimate of drug-likeness (QED) is 0.429. The topological polar surface area (TPSA) is 61.6 Å². The van der Waals surface area contributed by atoms with Gasteiger partial charge in [-0.2, -0.15) is 0 Å². The Labute approximate surface area is 100 Å². The Kier molecular flexibility index (Phi) is 3.45. The fraction of sp³-hybridized carbons (Fsp3) is 0.455. The van der Waals surface area contributed by atoms with Gasteiger partial charge in [-0.3, -0.25) is 10.1 Å². The van der Waals surface area contributed by atoms with E-state index < -0.39 is 7.12 Å². The zero-order valence-corrected chi connectivity index (χ0v) is 9.93. The lowest BCUT2D eigenvalue weighted by atomic mass is 9.72. The molecule has 6 heteroatoms. The first-order valence-corrected chi connectivity index (χ1v) is 5.70. The number of nitrogens with zero attached hydrogens (tertiary/aromatic N) is 1. The normalized spacial score (nSPS) is 12.1. The molecule has 3 rings (SSSR count). The summed E-state index contributed by atoms with van der Waals surface area (Å²) in [4.78, 5) is 10.4. The summed E-state index contributed by atoms with van der Waals surface area (Å²) in [6.07, 6.45) is 0.685. The fourth-order valence-electron chi connectivity index (χ4n) is 2.07. The molecular weight excluding hydrogens is 221 g/mol. The van der Waals surface area contributed by atoms with Crippen LogP contribution in [0.4, 0.5) is 5.69 Å². The van der Waals surface area contributed by atoms with E-state index in [1.54, 1.807) is 12.1 Å². The van der Waals surface area contributed by atoms with Gasteiger partial charge in [0.05, 0.1) is 4.92 Å². The molecule has 2 aliphatic rings. The van der Waals surface area contributed by atoms with Crippen molar-refractivity contribution in [2.75, 3.05) is 13.2 Å². The number of fused-ring (bicyclic) bond motifs is 2. The van der Waals surface area contributed by atoms with Crippen LogP contribution in [0.3, 0.4) is 0 Å². The van der Waals surface area contributed by atoms with E-state index >= 15 is 0 Å². The van der Waals surface area contributed by atoms with Gasteiger partial charge in [-0.1, -0.05) is 12.1 Å². The highest BCUT2D eigenvalue weighted by atomic mass is 16.6. The Morgan fingerprint density at radius 1 is 1.29 bits per heavy atom. The zero-order valence-electron chi connectivity index (χ0n) is 9.93. The highest BCUT2D eigenvalue weighted by molar-refractivity contribution is 6.61. The maximum atomic E-state index is 10.7. The van der Waals surface area contributed by atoms with Gasteiger partial charge in [0.25, 0.3) is 5.69 Å². The third kappa shape index (κ3) is 2.18. The summed E-state index contributed by atoms with van der Waals surface area (Å²) in [5.74, 6) is 0. The lowest BCUT2D eigenvalue weighted by molar-refractivity contribution is -0.388. The minimum absolute atomic E-state index is 0.250. The average Bonchev–Trinajstić information content (AvgIpc) is 2.28. The summed E-state index contributed by atoms with van der Waals surface area (Å²) >= 11 is 0. The van der Waals surface area contributed by atoms with Crippen LogP contribution in [-0.4, -0.2) is 25.3 Å². The molecule has 0 aromatic heterocycles. The molecule has 0 saturated heterocycles. The van der Waals surface area contributed by atoms with Crippen molar-refractivity contribution in [3.63, 3.8) is 0 Å². The van der Waals surface area contributed by atoms with Crippen LogP contribution in [0.15, 0.2) is 12.1 Å². The monoisotopic (exact) mass is 235 g/mol. The van der Waals surface area contributed by atoms with Crippen LogP contribution in [0.2, 0.25) is 0 Å². The van der Waals surface area contributed by atoms with Crippen molar-refractivity contribution in [1.82, 2.24) is 0 Å². The summed E-state index contributed by atoms with van der Waals surface area (Å²) in [5.41, 5.74) is 2.66. The first kappa shape index (κ1) is 12.1. The molecule has 0 aliphatic heterocycles. The molecule has 0 N–H and O–H groups in total. The summed E-state index contributed by atoms with van der Waals surface area (Å²) in [6, 6.07) is 3.61. The highest BCUT2D eigenvalue weighted by Crippen LogP contribution is 2.35. The molecule has 5 nitrogen and oxygen atoms in total. The van der Waals surface area contributed by atoms with Crippen LogP contribution in [-0.2, 0) is 15.7 Å². The SMILES string of the molecule is CCOB(OCC)c1cc2c([N+](=O)[O-])c(c1)C2. The molecule has 0 unspecified atom stereocenters. The first-order valence-electron chi connectivity index (χ1n) is 5.70. The molecule has 0 atom stereocenters. The van der Waals surface area contributed by atoms with Gasteiger partial charge in [-0.25, -0.2) is 0 Å². The molecule has 1 aromatic carbocycles. The molecule has 90 valence electrons. The lowest BCUT2D eigenvalue weighted by Gasteiger charge is -2.21. The van der Waals surface area contributed by atoms with Crippen molar-refractivity contribution in [2.45, 2.75) is 20.3 Å². The molecule has 2 bridgehead atoms. The van der Waals surface area contributed by atoms with Gasteiger partial charge in [0.2, 0.25) is 0 Å². The van der Waals surface area contributed by atoms with Crippen molar-refractivity contribution < 1.29 is 14.2 Å². The lowest BCUT2D eigenvalue weighted by Crippen LogP contribution is -2.39. The Balaban J connectivity index is 2.23. The minimum atomic E-state index is -0.413. The summed E-state index contributed by atoms with van der Waals surface area (Å²) in [5, 5.41) is 10.7. The fourth-order valence-corrected chi connectivity index (χ4v) is 2.07. The third-order valence-corrected chi connectivity index (χ3v) is 2.76. The second-order valence-electron chi connectivity index (χ2n) is 3.86. The molecule has 1 aromatic rings. The van der Waals surface area contributed by atoms with Gasteiger partial charge >= 0.3 is 7.12 Å². The van der Waals surface area contributed by atoms with Crippen molar-refractivity contribution in [3.05, 3.63) is 33.4 Å². The van der Waals surface area contributed by atoms with E-state index in [-0.39, 0.29) is 10.6 Å². The van der Waals surface area contributed by atoms with Gasteiger partial charge in [0.1, 0.15) is 0 Å². The predicted molar refractivity (Wildman–Crippen MR) is 64.5 cm³/mol. The molecule has 0 heterocycles. The van der Waals surface area contributed by atoms with E-state index in [9.17, 15) is 10.1 Å². The van der Waals surface area contributed by atoms with Crippen LogP contribution in [0.25, 0.3) is 0 Å². The number of rotatable bonds is 6. The summed E-state index contributed by atoms with van der Waals surface area (Å²) < 4.78 is 10.9. The molecule has 0 spiro atoms. The second kappa shape index (κ2) is 4.85. The van der Waals surface area contributed by atoms with Crippen LogP contribution in [0.1, 0.15) is 25.0 Å². The maximum Gasteiger partial charge on any atom is 0.493 e. The molecular formula is C11H14BNO4. The summed E-state index contributed by atoms with van der Waals surface area (Å²) in [6.45, 7) is 4.88. The largest absolute Gasteiger partial charge is 0.493 e. The van der Waals surface area contributed by atoms with Crippen LogP contribution >= 0.6 is 0 Å². The molecule has 0 fully saturated rings. The van der Waals surface area contributed by atoms with Crippen molar-refractivity contribution in [1.29, 1.82) is 0 Å². The van der Waals surface area contributed by atoms with E-state index in [0.717, 1.165) is 16.6 Å². The maximum absolute atomic E-state index is 10.7. The molecule has 2 aliphatic carbocycles. The Morgan fingerprint density at radius 3 is 2.24 bits per heavy atom. The Bertz CT molecular complexity index is 420. The average molecular weight is 235 g/mol. The van der Waals surface area contributed by atoms with Crippen LogP contribution < -0.4 is 5.46 Å². The minimum Gasteiger partial charge on any atom is -0.408 e. The van der Waals surface area contributed by atoms with Crippen LogP contribution in [0, 0.1) is 10.1 Å². The molecule has 0 saturated carbocycles. The zero-order chi connectivity index (χ0) is 12.4. The van der Waals surface area contributed by atoms with Crippen molar-refractivity contribution in [2.24, 2.45) is 0 Å². The molecule has 0 radical (unpaired) electrons.